The maximum Gasteiger partial charge on any atom is 0.407 e. The number of nitrogens with one attached hydrogen (secondary N) is 1. The van der Waals surface area contributed by atoms with E-state index < -0.39 is 78.6 Å². The first-order chi connectivity index (χ1) is 27.4. The molecule has 2 aliphatic rings. The second kappa shape index (κ2) is 19.8. The third kappa shape index (κ3) is 10.1. The minimum absolute atomic E-state index is 0.0562. The van der Waals surface area contributed by atoms with Gasteiger partial charge in [0.1, 0.15) is 30.8 Å². The topological polar surface area (TPSA) is 177 Å². The first kappa shape index (κ1) is 45.2. The van der Waals surface area contributed by atoms with E-state index in [1.165, 1.54) is 68.9 Å². The van der Waals surface area contributed by atoms with Crippen molar-refractivity contribution in [2.24, 2.45) is 11.8 Å². The summed E-state index contributed by atoms with van der Waals surface area (Å²) in [6.45, 7) is 3.79. The largest absolute Gasteiger partial charge is 0.481 e. The van der Waals surface area contributed by atoms with Gasteiger partial charge in [0.15, 0.2) is 0 Å². The van der Waals surface area contributed by atoms with Gasteiger partial charge in [-0.1, -0.05) is 81.6 Å². The molecule has 0 heterocycles. The number of alkyl carbamates (subject to hydrolysis) is 1. The predicted molar refractivity (Wildman–Crippen MR) is 217 cm³/mol. The van der Waals surface area contributed by atoms with E-state index in [0.29, 0.717) is 19.3 Å². The summed E-state index contributed by atoms with van der Waals surface area (Å²) < 4.78 is 5.81. The molecule has 0 bridgehead atoms. The zero-order valence-corrected chi connectivity index (χ0v) is 35.3. The van der Waals surface area contributed by atoms with Crippen LogP contribution in [0.5, 0.6) is 0 Å². The van der Waals surface area contributed by atoms with Crippen molar-refractivity contribution in [1.29, 1.82) is 0 Å². The van der Waals surface area contributed by atoms with Crippen LogP contribution < -0.4 is 5.32 Å². The van der Waals surface area contributed by atoms with Crippen molar-refractivity contribution in [3.8, 4) is 11.1 Å². The van der Waals surface area contributed by atoms with E-state index in [9.17, 15) is 38.7 Å². The molecule has 0 spiro atoms. The highest BCUT2D eigenvalue weighted by Gasteiger charge is 2.44. The van der Waals surface area contributed by atoms with E-state index in [2.05, 4.69) is 5.32 Å². The molecule has 0 aliphatic heterocycles. The van der Waals surface area contributed by atoms with Crippen LogP contribution in [-0.2, 0) is 33.5 Å². The second-order valence-electron chi connectivity index (χ2n) is 16.0. The summed E-state index contributed by atoms with van der Waals surface area (Å²) in [5.74, 6) is -5.02. The van der Waals surface area contributed by atoms with Crippen LogP contribution in [0.4, 0.5) is 4.79 Å². The van der Waals surface area contributed by atoms with E-state index in [0.717, 1.165) is 40.0 Å². The van der Waals surface area contributed by atoms with Crippen LogP contribution in [0.25, 0.3) is 11.1 Å². The Labute approximate surface area is 341 Å². The molecule has 2 aromatic rings. The Bertz CT molecular complexity index is 1800. The molecule has 15 heteroatoms. The number of likely N-dealkylation sites (N-methyl/N-ethyl adjacent to an activating group) is 5. The van der Waals surface area contributed by atoms with Gasteiger partial charge >= 0.3 is 12.1 Å². The van der Waals surface area contributed by atoms with E-state index in [1.807, 2.05) is 62.4 Å². The number of carbonyl (C=O) groups excluding carboxylic acids is 6. The molecule has 6 amide bonds. The molecule has 2 aliphatic carbocycles. The Morgan fingerprint density at radius 1 is 0.707 bits per heavy atom. The minimum atomic E-state index is -1.34. The molecule has 316 valence electrons. The van der Waals surface area contributed by atoms with Gasteiger partial charge in [0.2, 0.25) is 29.5 Å². The van der Waals surface area contributed by atoms with E-state index >= 15 is 0 Å². The van der Waals surface area contributed by atoms with Crippen molar-refractivity contribution < 1.29 is 43.4 Å². The molecule has 5 atom stereocenters. The smallest absolute Gasteiger partial charge is 0.407 e. The first-order valence-corrected chi connectivity index (χ1v) is 20.0. The molecule has 0 saturated heterocycles. The van der Waals surface area contributed by atoms with Crippen molar-refractivity contribution in [3.63, 3.8) is 0 Å². The molecular formula is C43H60N6O9. The number of amides is 6. The van der Waals surface area contributed by atoms with Gasteiger partial charge in [0.05, 0.1) is 12.8 Å². The number of fused-ring (bicyclic) bond motifs is 3. The van der Waals surface area contributed by atoms with Crippen LogP contribution in [0.1, 0.15) is 75.8 Å². The summed E-state index contributed by atoms with van der Waals surface area (Å²) in [6, 6.07) is 11.2. The number of carbonyl (C=O) groups is 7. The Hall–Kier alpha value is -5.47. The van der Waals surface area contributed by atoms with Crippen molar-refractivity contribution in [2.75, 3.05) is 55.9 Å². The Morgan fingerprint density at radius 3 is 1.69 bits per heavy atom. The van der Waals surface area contributed by atoms with Gasteiger partial charge in [-0.25, -0.2) is 4.79 Å². The van der Waals surface area contributed by atoms with Gasteiger partial charge in [-0.3, -0.25) is 28.8 Å². The maximum absolute atomic E-state index is 14.7. The monoisotopic (exact) mass is 804 g/mol. The van der Waals surface area contributed by atoms with E-state index in [1.54, 1.807) is 0 Å². The zero-order valence-electron chi connectivity index (χ0n) is 35.3. The fraction of sp³-hybridized carbons (Fsp3) is 0.558. The lowest BCUT2D eigenvalue weighted by Gasteiger charge is -2.39. The third-order valence-electron chi connectivity index (χ3n) is 11.8. The minimum Gasteiger partial charge on any atom is -0.481 e. The Balaban J connectivity index is 1.56. The average Bonchev–Trinajstić information content (AvgIpc) is 3.85. The highest BCUT2D eigenvalue weighted by Crippen LogP contribution is 2.44. The first-order valence-electron chi connectivity index (χ1n) is 20.0. The van der Waals surface area contributed by atoms with Gasteiger partial charge in [0.25, 0.3) is 0 Å². The number of hydrogen-bond donors (Lipinski definition) is 2. The number of nitrogens with zero attached hydrogens (tertiary/aromatic N) is 5. The summed E-state index contributed by atoms with van der Waals surface area (Å²) in [6.07, 6.45) is 1.54. The molecular weight excluding hydrogens is 745 g/mol. The third-order valence-corrected chi connectivity index (χ3v) is 11.8. The molecule has 2 N–H and O–H groups in total. The van der Waals surface area contributed by atoms with Crippen LogP contribution in [0.2, 0.25) is 0 Å². The lowest BCUT2D eigenvalue weighted by Crippen LogP contribution is -2.60. The molecule has 1 saturated carbocycles. The van der Waals surface area contributed by atoms with Crippen LogP contribution >= 0.6 is 0 Å². The van der Waals surface area contributed by atoms with Gasteiger partial charge in [-0.15, -0.1) is 0 Å². The summed E-state index contributed by atoms with van der Waals surface area (Å²) >= 11 is 0. The van der Waals surface area contributed by atoms with Crippen LogP contribution in [0.3, 0.4) is 0 Å². The summed E-state index contributed by atoms with van der Waals surface area (Å²) in [5.41, 5.74) is 4.27. The van der Waals surface area contributed by atoms with Gasteiger partial charge in [-0.05, 0) is 46.9 Å². The quantitative estimate of drug-likeness (QED) is 0.242. The fourth-order valence-electron chi connectivity index (χ4n) is 8.15. The SMILES string of the molecule is CC[C@H](C)[C@H](NC(=O)OCC1c2ccccc2-c2ccccc21)C(=O)N(C)[C@H](C(=O)N(C)[C@@H](CC(=O)N(C)[C@@H](CC(=O)O)C(=O)N(C)C)C(=O)N(C)C)C1CCCC1. The van der Waals surface area contributed by atoms with E-state index in [-0.39, 0.29) is 24.4 Å². The maximum atomic E-state index is 14.7. The van der Waals surface area contributed by atoms with E-state index in [4.69, 9.17) is 4.74 Å². The fourth-order valence-corrected chi connectivity index (χ4v) is 8.15. The number of ether oxygens (including phenoxy) is 1. The molecule has 0 radical (unpaired) electrons. The average molecular weight is 805 g/mol. The lowest BCUT2D eigenvalue weighted by atomic mass is 9.92. The molecule has 58 heavy (non-hydrogen) atoms. The molecule has 4 rings (SSSR count). The van der Waals surface area contributed by atoms with Crippen LogP contribution in [0.15, 0.2) is 48.5 Å². The molecule has 15 nitrogen and oxygen atoms in total. The lowest BCUT2D eigenvalue weighted by molar-refractivity contribution is -0.155. The highest BCUT2D eigenvalue weighted by atomic mass is 16.5. The van der Waals surface area contributed by atoms with Gasteiger partial charge in [-0.2, -0.15) is 0 Å². The molecule has 0 unspecified atom stereocenters. The normalized spacial score (nSPS) is 16.1. The van der Waals surface area contributed by atoms with Crippen LogP contribution in [-0.4, -0.2) is 151 Å². The second-order valence-corrected chi connectivity index (χ2v) is 16.0. The van der Waals surface area contributed by atoms with Gasteiger partial charge < -0.3 is 39.7 Å². The number of carboxylic acids is 1. The zero-order chi connectivity index (χ0) is 43.0. The number of benzene rings is 2. The number of rotatable bonds is 17. The van der Waals surface area contributed by atoms with Crippen molar-refractivity contribution in [2.45, 2.75) is 88.9 Å². The highest BCUT2D eigenvalue weighted by molar-refractivity contribution is 5.97. The summed E-state index contributed by atoms with van der Waals surface area (Å²) in [7, 11) is 10.1. The van der Waals surface area contributed by atoms with Crippen molar-refractivity contribution in [3.05, 3.63) is 59.7 Å². The number of carboxylic acid groups (broad SMARTS) is 1. The Kier molecular flexibility index (Phi) is 15.4. The molecule has 1 fully saturated rings. The number of hydrogen-bond acceptors (Lipinski definition) is 8. The Morgan fingerprint density at radius 2 is 1.21 bits per heavy atom. The van der Waals surface area contributed by atoms with Crippen LogP contribution in [0, 0.1) is 11.8 Å². The van der Waals surface area contributed by atoms with Crippen molar-refractivity contribution >= 4 is 41.6 Å². The summed E-state index contributed by atoms with van der Waals surface area (Å²) in [4.78, 5) is 101. The molecule has 2 aromatic carbocycles. The molecule has 0 aromatic heterocycles. The standard InChI is InChI=1S/C43H60N6O9/c1-10-26(2)37(44-43(57)58-25-32-30-21-15-13-19-28(30)29-20-14-16-22-31(29)32)41(55)49(9)38(27-17-11-12-18-27)42(56)48(8)33(39(53)45(3)4)23-35(50)47(7)34(24-36(51)52)40(54)46(5)6/h13-16,19-22,26-27,32-34,37-38H,10-12,17-18,23-25H2,1-9H3,(H,44,57)(H,51,52)/t26-,33-,34-,37-,38-/m0/s1. The van der Waals surface area contributed by atoms with Crippen molar-refractivity contribution in [1.82, 2.24) is 29.8 Å². The predicted octanol–water partition coefficient (Wildman–Crippen LogP) is 3.65. The summed E-state index contributed by atoms with van der Waals surface area (Å²) in [5, 5.41) is 12.3. The van der Waals surface area contributed by atoms with Gasteiger partial charge in [0, 0.05) is 55.3 Å². The number of aliphatic carboxylic acids is 1.